The van der Waals surface area contributed by atoms with Crippen molar-refractivity contribution in [2.75, 3.05) is 13.7 Å². The molecule has 1 N–H and O–H groups in total. The van der Waals surface area contributed by atoms with Gasteiger partial charge in [-0.3, -0.25) is 0 Å². The molecule has 1 atom stereocenters. The predicted molar refractivity (Wildman–Crippen MR) is 82.3 cm³/mol. The number of fused-ring (bicyclic) bond motifs is 1. The van der Waals surface area contributed by atoms with E-state index in [4.69, 9.17) is 4.74 Å². The van der Waals surface area contributed by atoms with E-state index < -0.39 is 0 Å². The maximum absolute atomic E-state index is 5.58. The molecule has 0 aromatic heterocycles. The Labute approximate surface area is 120 Å². The molecule has 3 rings (SSSR count). The predicted octanol–water partition coefficient (Wildman–Crippen LogP) is 3.43. The number of rotatable bonds is 4. The zero-order valence-electron chi connectivity index (χ0n) is 12.1. The van der Waals surface area contributed by atoms with Crippen LogP contribution in [0.3, 0.4) is 0 Å². The van der Waals surface area contributed by atoms with Gasteiger partial charge < -0.3 is 10.1 Å². The molecule has 0 bridgehead atoms. The Morgan fingerprint density at radius 3 is 2.90 bits per heavy atom. The zero-order chi connectivity index (χ0) is 13.9. The summed E-state index contributed by atoms with van der Waals surface area (Å²) in [6.45, 7) is 2.96. The molecule has 0 saturated carbocycles. The van der Waals surface area contributed by atoms with Crippen LogP contribution in [0.4, 0.5) is 0 Å². The molecule has 2 aromatic carbocycles. The molecular weight excluding hydrogens is 246 g/mol. The van der Waals surface area contributed by atoms with Crippen LogP contribution in [0.15, 0.2) is 42.5 Å². The van der Waals surface area contributed by atoms with Gasteiger partial charge in [-0.15, -0.1) is 0 Å². The number of likely N-dealkylation sites (N-methyl/N-ethyl adjacent to an activating group) is 1. The SMILES string of the molecule is CNC(Cc1cccc(C)c1)c1ccc2c(c1)CCO2. The molecule has 1 aliphatic rings. The largest absolute Gasteiger partial charge is 0.493 e. The van der Waals surface area contributed by atoms with E-state index in [1.807, 2.05) is 7.05 Å². The molecule has 2 heteroatoms. The summed E-state index contributed by atoms with van der Waals surface area (Å²) in [4.78, 5) is 0. The van der Waals surface area contributed by atoms with E-state index in [9.17, 15) is 0 Å². The van der Waals surface area contributed by atoms with Gasteiger partial charge in [0.05, 0.1) is 6.61 Å². The highest BCUT2D eigenvalue weighted by molar-refractivity contribution is 5.41. The first kappa shape index (κ1) is 13.2. The van der Waals surface area contributed by atoms with Gasteiger partial charge in [-0.25, -0.2) is 0 Å². The first-order valence-corrected chi connectivity index (χ1v) is 7.24. The minimum absolute atomic E-state index is 0.350. The van der Waals surface area contributed by atoms with Crippen molar-refractivity contribution in [3.05, 3.63) is 64.7 Å². The van der Waals surface area contributed by atoms with Crippen molar-refractivity contribution < 1.29 is 4.74 Å². The topological polar surface area (TPSA) is 21.3 Å². The van der Waals surface area contributed by atoms with Crippen LogP contribution in [0.2, 0.25) is 0 Å². The van der Waals surface area contributed by atoms with Crippen molar-refractivity contribution >= 4 is 0 Å². The van der Waals surface area contributed by atoms with Gasteiger partial charge in [0.15, 0.2) is 0 Å². The highest BCUT2D eigenvalue weighted by Crippen LogP contribution is 2.29. The van der Waals surface area contributed by atoms with Crippen LogP contribution < -0.4 is 10.1 Å². The Morgan fingerprint density at radius 1 is 1.20 bits per heavy atom. The number of ether oxygens (including phenoxy) is 1. The molecule has 1 unspecified atom stereocenters. The standard InChI is InChI=1S/C18H21NO/c1-13-4-3-5-14(10-13)11-17(19-2)15-6-7-18-16(12-15)8-9-20-18/h3-7,10,12,17,19H,8-9,11H2,1-2H3. The van der Waals surface area contributed by atoms with E-state index in [1.165, 1.54) is 22.3 Å². The molecule has 2 nitrogen and oxygen atoms in total. The summed E-state index contributed by atoms with van der Waals surface area (Å²) in [6.07, 6.45) is 2.04. The minimum Gasteiger partial charge on any atom is -0.493 e. The van der Waals surface area contributed by atoms with Crippen LogP contribution in [-0.2, 0) is 12.8 Å². The Bertz CT molecular complexity index is 606. The number of aryl methyl sites for hydroxylation is 1. The van der Waals surface area contributed by atoms with Crippen LogP contribution in [0.1, 0.15) is 28.3 Å². The van der Waals surface area contributed by atoms with Crippen molar-refractivity contribution in [3.63, 3.8) is 0 Å². The summed E-state index contributed by atoms with van der Waals surface area (Å²) in [5.74, 6) is 1.05. The second-order valence-corrected chi connectivity index (χ2v) is 5.50. The van der Waals surface area contributed by atoms with E-state index in [2.05, 4.69) is 54.7 Å². The van der Waals surface area contributed by atoms with Crippen molar-refractivity contribution in [1.82, 2.24) is 5.32 Å². The average molecular weight is 267 g/mol. The molecule has 104 valence electrons. The van der Waals surface area contributed by atoms with E-state index in [1.54, 1.807) is 0 Å². The molecule has 20 heavy (non-hydrogen) atoms. The molecule has 1 aliphatic heterocycles. The highest BCUT2D eigenvalue weighted by Gasteiger charge is 2.16. The number of benzene rings is 2. The Morgan fingerprint density at radius 2 is 2.10 bits per heavy atom. The summed E-state index contributed by atoms with van der Waals surface area (Å²) < 4.78 is 5.58. The lowest BCUT2D eigenvalue weighted by molar-refractivity contribution is 0.356. The third-order valence-electron chi connectivity index (χ3n) is 3.99. The fraction of sp³-hybridized carbons (Fsp3) is 0.333. The van der Waals surface area contributed by atoms with Crippen LogP contribution >= 0.6 is 0 Å². The van der Waals surface area contributed by atoms with Crippen molar-refractivity contribution in [2.45, 2.75) is 25.8 Å². The number of hydrogen-bond acceptors (Lipinski definition) is 2. The van der Waals surface area contributed by atoms with E-state index in [0.29, 0.717) is 6.04 Å². The van der Waals surface area contributed by atoms with Crippen LogP contribution in [0, 0.1) is 6.92 Å². The average Bonchev–Trinajstić information content (AvgIpc) is 2.92. The van der Waals surface area contributed by atoms with Gasteiger partial charge in [-0.05, 0) is 43.1 Å². The smallest absolute Gasteiger partial charge is 0.122 e. The van der Waals surface area contributed by atoms with E-state index in [0.717, 1.165) is 25.2 Å². The van der Waals surface area contributed by atoms with Crippen molar-refractivity contribution in [2.24, 2.45) is 0 Å². The molecule has 0 radical (unpaired) electrons. The molecule has 0 saturated heterocycles. The summed E-state index contributed by atoms with van der Waals surface area (Å²) in [5.41, 5.74) is 5.38. The summed E-state index contributed by atoms with van der Waals surface area (Å²) >= 11 is 0. The van der Waals surface area contributed by atoms with Gasteiger partial charge in [0.2, 0.25) is 0 Å². The first-order chi connectivity index (χ1) is 9.76. The van der Waals surface area contributed by atoms with Crippen LogP contribution in [0.25, 0.3) is 0 Å². The lowest BCUT2D eigenvalue weighted by Crippen LogP contribution is -2.19. The third-order valence-corrected chi connectivity index (χ3v) is 3.99. The fourth-order valence-electron chi connectivity index (χ4n) is 2.88. The summed E-state index contributed by atoms with van der Waals surface area (Å²) in [6, 6.07) is 15.7. The van der Waals surface area contributed by atoms with Gasteiger partial charge >= 0.3 is 0 Å². The molecular formula is C18H21NO. The quantitative estimate of drug-likeness (QED) is 0.916. The Balaban J connectivity index is 1.83. The lowest BCUT2D eigenvalue weighted by atomic mass is 9.96. The molecule has 0 aliphatic carbocycles. The molecule has 0 fully saturated rings. The molecule has 2 aromatic rings. The molecule has 1 heterocycles. The Kier molecular flexibility index (Phi) is 3.75. The number of hydrogen-bond donors (Lipinski definition) is 1. The summed E-state index contributed by atoms with van der Waals surface area (Å²) in [5, 5.41) is 3.44. The van der Waals surface area contributed by atoms with Crippen LogP contribution in [0.5, 0.6) is 5.75 Å². The Hall–Kier alpha value is -1.80. The fourth-order valence-corrected chi connectivity index (χ4v) is 2.88. The summed E-state index contributed by atoms with van der Waals surface area (Å²) in [7, 11) is 2.03. The first-order valence-electron chi connectivity index (χ1n) is 7.24. The third kappa shape index (κ3) is 2.70. The minimum atomic E-state index is 0.350. The second-order valence-electron chi connectivity index (χ2n) is 5.50. The van der Waals surface area contributed by atoms with Crippen LogP contribution in [-0.4, -0.2) is 13.7 Å². The van der Waals surface area contributed by atoms with E-state index >= 15 is 0 Å². The normalized spacial score (nSPS) is 14.7. The highest BCUT2D eigenvalue weighted by atomic mass is 16.5. The second kappa shape index (κ2) is 5.68. The molecule has 0 amide bonds. The zero-order valence-corrected chi connectivity index (χ0v) is 12.1. The monoisotopic (exact) mass is 267 g/mol. The van der Waals surface area contributed by atoms with Gasteiger partial charge in [0.25, 0.3) is 0 Å². The van der Waals surface area contributed by atoms with Crippen molar-refractivity contribution in [1.29, 1.82) is 0 Å². The van der Waals surface area contributed by atoms with Gasteiger partial charge in [-0.2, -0.15) is 0 Å². The maximum atomic E-state index is 5.58. The van der Waals surface area contributed by atoms with Gasteiger partial charge in [0, 0.05) is 12.5 Å². The lowest BCUT2D eigenvalue weighted by Gasteiger charge is -2.18. The van der Waals surface area contributed by atoms with Gasteiger partial charge in [-0.1, -0.05) is 42.0 Å². The van der Waals surface area contributed by atoms with Crippen molar-refractivity contribution in [3.8, 4) is 5.75 Å². The van der Waals surface area contributed by atoms with E-state index in [-0.39, 0.29) is 0 Å². The van der Waals surface area contributed by atoms with Gasteiger partial charge in [0.1, 0.15) is 5.75 Å². The maximum Gasteiger partial charge on any atom is 0.122 e. The molecule has 0 spiro atoms. The number of nitrogens with one attached hydrogen (secondary N) is 1.